The van der Waals surface area contributed by atoms with Crippen molar-refractivity contribution in [2.45, 2.75) is 49.9 Å². The van der Waals surface area contributed by atoms with E-state index in [2.05, 4.69) is 39.2 Å². The van der Waals surface area contributed by atoms with Gasteiger partial charge in [0.05, 0.1) is 23.6 Å². The minimum Gasteiger partial charge on any atom is -0.510 e. The van der Waals surface area contributed by atoms with Gasteiger partial charge in [0, 0.05) is 61.0 Å². The number of aromatic nitrogens is 4. The van der Waals surface area contributed by atoms with Crippen molar-refractivity contribution in [3.63, 3.8) is 0 Å². The third-order valence-corrected chi connectivity index (χ3v) is 14.1. The van der Waals surface area contributed by atoms with Crippen LogP contribution in [0, 0.1) is 18.5 Å². The van der Waals surface area contributed by atoms with Crippen molar-refractivity contribution in [1.29, 1.82) is 0 Å². The molecule has 0 bridgehead atoms. The second-order valence-corrected chi connectivity index (χ2v) is 19.5. The first-order valence-electron chi connectivity index (χ1n) is 26.1. The van der Waals surface area contributed by atoms with Crippen LogP contribution in [0.5, 0.6) is 11.5 Å². The van der Waals surface area contributed by atoms with Gasteiger partial charge in [-0.3, -0.25) is 4.57 Å². The number of halogens is 8. The van der Waals surface area contributed by atoms with E-state index < -0.39 is 81.6 Å². The van der Waals surface area contributed by atoms with E-state index in [-0.39, 0.29) is 82.7 Å². The molecule has 14 heteroatoms. The molecule has 380 valence electrons. The molecule has 1 aliphatic heterocycles. The molecule has 2 aliphatic rings. The maximum Gasteiger partial charge on any atom is 0.382 e. The molecule has 0 N–H and O–H groups in total. The molecule has 0 spiro atoms. The number of hydrogen-bond acceptors (Lipinski definition) is 2. The number of imidazole rings is 1. The van der Waals surface area contributed by atoms with Gasteiger partial charge in [-0.15, -0.1) is 29.7 Å². The van der Waals surface area contributed by atoms with Crippen molar-refractivity contribution in [1.82, 2.24) is 14.1 Å². The summed E-state index contributed by atoms with van der Waals surface area (Å²) in [6, 6.07) is 39.3. The summed E-state index contributed by atoms with van der Waals surface area (Å²) in [6.45, 7) is 6.27. The smallest absolute Gasteiger partial charge is 0.382 e. The maximum atomic E-state index is 17.1. The van der Waals surface area contributed by atoms with Gasteiger partial charge in [0.1, 0.15) is 5.82 Å². The van der Waals surface area contributed by atoms with Gasteiger partial charge in [-0.1, -0.05) is 141 Å². The molecule has 13 rings (SSSR count). The summed E-state index contributed by atoms with van der Waals surface area (Å²) in [4.78, 5) is 4.73. The number of hydrogen-bond donors (Lipinski definition) is 0. The van der Waals surface area contributed by atoms with Gasteiger partial charge in [0.25, 0.3) is 6.33 Å². The topological polar surface area (TPSA) is 35.9 Å². The molecule has 76 heavy (non-hydrogen) atoms. The van der Waals surface area contributed by atoms with Crippen LogP contribution in [0.25, 0.3) is 94.5 Å². The zero-order chi connectivity index (χ0) is 56.3. The summed E-state index contributed by atoms with van der Waals surface area (Å²) >= 11 is 0. The van der Waals surface area contributed by atoms with Crippen molar-refractivity contribution < 1.29 is 72.3 Å². The molecule has 0 radical (unpaired) electrons. The molecule has 1 aliphatic carbocycles. The zero-order valence-corrected chi connectivity index (χ0v) is 42.2. The quantitative estimate of drug-likeness (QED) is 0.0978. The maximum absolute atomic E-state index is 17.1. The number of fused-ring (bicyclic) bond motifs is 12. The van der Waals surface area contributed by atoms with E-state index in [1.54, 1.807) is 42.6 Å². The number of nitrogens with zero attached hydrogens (tertiary/aromatic N) is 4. The largest absolute Gasteiger partial charge is 0.510 e. The molecule has 0 saturated carbocycles. The summed E-state index contributed by atoms with van der Waals surface area (Å²) in [5.41, 5.74) is -4.22. The third-order valence-electron chi connectivity index (χ3n) is 14.1. The van der Waals surface area contributed by atoms with E-state index in [1.807, 2.05) is 47.0 Å². The molecular weight excluding hydrogens is 1160 g/mol. The Bertz CT molecular complexity index is 4470. The van der Waals surface area contributed by atoms with Crippen molar-refractivity contribution in [2.75, 3.05) is 0 Å². The number of pyridine rings is 1. The second-order valence-electron chi connectivity index (χ2n) is 19.5. The predicted octanol–water partition coefficient (Wildman–Crippen LogP) is 16.3. The van der Waals surface area contributed by atoms with Crippen LogP contribution in [0.2, 0.25) is 0 Å². The summed E-state index contributed by atoms with van der Waals surface area (Å²) in [5, 5.41) is 1.72. The van der Waals surface area contributed by atoms with Crippen molar-refractivity contribution in [3.8, 4) is 73.2 Å². The van der Waals surface area contributed by atoms with E-state index in [4.69, 9.17) is 16.6 Å². The zero-order valence-electron chi connectivity index (χ0n) is 44.9. The molecule has 0 saturated heterocycles. The number of ether oxygens (including phenoxy) is 1. The number of rotatable bonds is 5. The van der Waals surface area contributed by atoms with Gasteiger partial charge >= 0.3 is 23.7 Å². The molecule has 8 aromatic carbocycles. The molecule has 0 amide bonds. The average Bonchev–Trinajstić information content (AvgIpc) is 3.73. The van der Waals surface area contributed by atoms with E-state index in [1.165, 1.54) is 54.6 Å². The van der Waals surface area contributed by atoms with Crippen molar-refractivity contribution in [3.05, 3.63) is 211 Å². The SMILES string of the molecule is [2H]c1c([2H])c([2H])c(-c2cccc3c2-[n+]2[c-]n(-c4[c-]c(Oc5[c-]c6c(cc5)c5ccccc5n6-c5cc(C(C)(C)C)ccn5)ccc4)c4cc5c(c(c42)-c2ccccc2-c2ccccc2-3)C(F)(F)C(F)(F)C(F)(F)C5(F)F)c([2H])c1[2H].[Pt]. The van der Waals surface area contributed by atoms with E-state index >= 15 is 35.1 Å². The van der Waals surface area contributed by atoms with Crippen LogP contribution < -0.4 is 9.30 Å². The van der Waals surface area contributed by atoms with Crippen LogP contribution in [0.4, 0.5) is 35.1 Å². The van der Waals surface area contributed by atoms with Crippen LogP contribution in [0.15, 0.2) is 176 Å². The third kappa shape index (κ3) is 6.93. The predicted molar refractivity (Wildman–Crippen MR) is 272 cm³/mol. The molecule has 0 fully saturated rings. The fourth-order valence-electron chi connectivity index (χ4n) is 10.6. The normalized spacial score (nSPS) is 16.5. The molecule has 5 nitrogen and oxygen atoms in total. The molecule has 0 unspecified atom stereocenters. The van der Waals surface area contributed by atoms with Crippen LogP contribution in [0.3, 0.4) is 0 Å². The molecule has 3 aromatic heterocycles. The first kappa shape index (κ1) is 43.4. The Labute approximate surface area is 451 Å². The Morgan fingerprint density at radius 1 is 0.605 bits per heavy atom. The summed E-state index contributed by atoms with van der Waals surface area (Å²) in [5.74, 6) is -24.4. The Kier molecular flexibility index (Phi) is 9.73. The van der Waals surface area contributed by atoms with Crippen LogP contribution in [0.1, 0.15) is 44.3 Å². The second kappa shape index (κ2) is 17.1. The van der Waals surface area contributed by atoms with Gasteiger partial charge in [-0.05, 0) is 85.3 Å². The monoisotopic (exact) mass is 1210 g/mol. The average molecular weight is 1210 g/mol. The molecule has 0 atom stereocenters. The molecular formula is C62H38F8N4OPt-2. The molecule has 11 aromatic rings. The fraction of sp³-hybridized carbons (Fsp3) is 0.129. The van der Waals surface area contributed by atoms with Crippen LogP contribution in [-0.4, -0.2) is 26.0 Å². The van der Waals surface area contributed by atoms with Crippen LogP contribution in [-0.2, 0) is 38.3 Å². The van der Waals surface area contributed by atoms with E-state index in [0.29, 0.717) is 23.0 Å². The Balaban J connectivity index is 0.00000651. The van der Waals surface area contributed by atoms with Gasteiger partial charge in [-0.25, -0.2) is 4.98 Å². The molecule has 4 heterocycles. The van der Waals surface area contributed by atoms with Gasteiger partial charge in [0.15, 0.2) is 0 Å². The van der Waals surface area contributed by atoms with E-state index in [9.17, 15) is 0 Å². The Morgan fingerprint density at radius 3 is 1.96 bits per heavy atom. The van der Waals surface area contributed by atoms with Gasteiger partial charge < -0.3 is 13.9 Å². The first-order valence-corrected chi connectivity index (χ1v) is 23.6. The van der Waals surface area contributed by atoms with Crippen molar-refractivity contribution in [2.24, 2.45) is 0 Å². The van der Waals surface area contributed by atoms with Crippen molar-refractivity contribution >= 4 is 32.8 Å². The minimum absolute atomic E-state index is 0. The minimum atomic E-state index is -6.67. The fourth-order valence-corrected chi connectivity index (χ4v) is 10.6. The summed E-state index contributed by atoms with van der Waals surface area (Å²) in [7, 11) is 0. The number of benzene rings is 8. The standard InChI is InChI=1S/C62H38F8N4O.Pt/c1-58(2,3)37-29-30-71-53(31-37)74-50-26-12-11-22-45(50)46-28-27-40(33-51(46)74)75-39-18-13-17-38(32-39)72-35-73-56-41(36-15-5-4-6-16-36)24-14-25-48(56)44-21-8-7-19-42(44)43-20-9-10-23-47(43)54-55-49(34-52(72)57(54)73)59(63,64)61(67,68)62(69,70)60(55,65)66;/h4-31,34H,1-3H3;/q-2;/i4D,5D,6D,15D,16D;. The van der Waals surface area contributed by atoms with Gasteiger partial charge in [0.2, 0.25) is 0 Å². The van der Waals surface area contributed by atoms with E-state index in [0.717, 1.165) is 31.0 Å². The summed E-state index contributed by atoms with van der Waals surface area (Å²) < 4.78 is 186. The first-order chi connectivity index (χ1) is 38.0. The van der Waals surface area contributed by atoms with Gasteiger partial charge in [-0.2, -0.15) is 53.3 Å². The Hall–Kier alpha value is -7.89. The Morgan fingerprint density at radius 2 is 1.22 bits per heavy atom. The number of para-hydroxylation sites is 2. The summed E-state index contributed by atoms with van der Waals surface area (Å²) in [6.07, 6.45) is 4.78. The van der Waals surface area contributed by atoms with Crippen LogP contribution >= 0.6 is 0 Å². The number of alkyl halides is 8.